The van der Waals surface area contributed by atoms with E-state index < -0.39 is 0 Å². The Morgan fingerprint density at radius 1 is 1.16 bits per heavy atom. The molecule has 170 valence electrons. The molecule has 0 saturated carbocycles. The van der Waals surface area contributed by atoms with Gasteiger partial charge in [-0.25, -0.2) is 9.38 Å². The predicted molar refractivity (Wildman–Crippen MR) is 125 cm³/mol. The Hall–Kier alpha value is -2.96. The first-order valence-corrected chi connectivity index (χ1v) is 11.4. The normalized spacial score (nSPS) is 16.8. The van der Waals surface area contributed by atoms with Crippen molar-refractivity contribution in [2.24, 2.45) is 16.6 Å². The maximum atomic E-state index is 13.7. The molecule has 7 heteroatoms. The topological polar surface area (TPSA) is 76.5 Å². The highest BCUT2D eigenvalue weighted by Crippen LogP contribution is 2.27. The lowest BCUT2D eigenvalue weighted by Crippen LogP contribution is -2.35. The number of hydrogen-bond donors (Lipinski definition) is 1. The van der Waals surface area contributed by atoms with Gasteiger partial charge < -0.3 is 10.6 Å². The summed E-state index contributed by atoms with van der Waals surface area (Å²) in [6.45, 7) is 7.62. The van der Waals surface area contributed by atoms with Gasteiger partial charge in [-0.1, -0.05) is 13.8 Å². The fraction of sp³-hybridized carbons (Fsp3) is 0.480. The van der Waals surface area contributed by atoms with Gasteiger partial charge in [0.05, 0.1) is 11.5 Å². The van der Waals surface area contributed by atoms with Crippen LogP contribution >= 0.6 is 0 Å². The molecule has 6 nitrogen and oxygen atoms in total. The minimum Gasteiger partial charge on any atom is -0.387 e. The minimum absolute atomic E-state index is 0.0664. The van der Waals surface area contributed by atoms with Gasteiger partial charge in [-0.3, -0.25) is 9.48 Å². The van der Waals surface area contributed by atoms with Gasteiger partial charge in [-0.2, -0.15) is 5.10 Å². The molecule has 1 aromatic heterocycles. The standard InChI is InChI=1S/C25H32FN5O/c1-16(2)12-20-14-23(19-4-6-21(26)17(3)13-19)29-31(20)15-25(32)30-10-8-18-5-7-24(27)28-22(18)9-11-30/h4,6,13-14,16H,5,7-12,15H2,1-3H3,(H2,27,28). The van der Waals surface area contributed by atoms with Gasteiger partial charge in [-0.05, 0) is 67.5 Å². The molecule has 0 fully saturated rings. The van der Waals surface area contributed by atoms with Crippen LogP contribution in [0.3, 0.4) is 0 Å². The highest BCUT2D eigenvalue weighted by Gasteiger charge is 2.23. The molecule has 1 amide bonds. The number of hydrogen-bond acceptors (Lipinski definition) is 4. The van der Waals surface area contributed by atoms with Crippen LogP contribution < -0.4 is 5.73 Å². The summed E-state index contributed by atoms with van der Waals surface area (Å²) in [4.78, 5) is 19.7. The molecule has 1 aromatic carbocycles. The zero-order valence-electron chi connectivity index (χ0n) is 19.2. The minimum atomic E-state index is -0.227. The van der Waals surface area contributed by atoms with E-state index >= 15 is 0 Å². The molecule has 0 radical (unpaired) electrons. The van der Waals surface area contributed by atoms with E-state index in [-0.39, 0.29) is 18.3 Å². The Morgan fingerprint density at radius 2 is 1.94 bits per heavy atom. The summed E-state index contributed by atoms with van der Waals surface area (Å²) < 4.78 is 15.5. The Morgan fingerprint density at radius 3 is 2.69 bits per heavy atom. The first-order valence-electron chi connectivity index (χ1n) is 11.4. The van der Waals surface area contributed by atoms with Crippen LogP contribution in [0.1, 0.15) is 50.8 Å². The van der Waals surface area contributed by atoms with Gasteiger partial charge in [0.1, 0.15) is 12.4 Å². The zero-order chi connectivity index (χ0) is 22.8. The summed E-state index contributed by atoms with van der Waals surface area (Å²) in [5.74, 6) is 0.966. The van der Waals surface area contributed by atoms with E-state index in [4.69, 9.17) is 10.8 Å². The van der Waals surface area contributed by atoms with Crippen LogP contribution in [0.5, 0.6) is 0 Å². The average Bonchev–Trinajstić information content (AvgIpc) is 2.99. The third kappa shape index (κ3) is 4.92. The van der Waals surface area contributed by atoms with E-state index in [2.05, 4.69) is 18.8 Å². The highest BCUT2D eigenvalue weighted by molar-refractivity contribution is 5.82. The summed E-state index contributed by atoms with van der Waals surface area (Å²) in [5, 5.41) is 4.74. The number of carbonyl (C=O) groups excluding carboxylic acids is 1. The zero-order valence-corrected chi connectivity index (χ0v) is 19.2. The monoisotopic (exact) mass is 437 g/mol. The van der Waals surface area contributed by atoms with Crippen LogP contribution in [0, 0.1) is 18.7 Å². The van der Waals surface area contributed by atoms with Gasteiger partial charge in [0.15, 0.2) is 0 Å². The number of nitrogens with zero attached hydrogens (tertiary/aromatic N) is 4. The number of halogens is 1. The number of aromatic nitrogens is 2. The first-order chi connectivity index (χ1) is 15.3. The van der Waals surface area contributed by atoms with Crippen molar-refractivity contribution in [3.05, 3.63) is 52.6 Å². The summed E-state index contributed by atoms with van der Waals surface area (Å²) in [7, 11) is 0. The molecule has 2 aliphatic heterocycles. The van der Waals surface area contributed by atoms with Gasteiger partial charge in [0.2, 0.25) is 5.91 Å². The van der Waals surface area contributed by atoms with E-state index in [0.717, 1.165) is 54.8 Å². The van der Waals surface area contributed by atoms with Crippen molar-refractivity contribution >= 4 is 11.7 Å². The maximum Gasteiger partial charge on any atom is 0.244 e. The molecule has 32 heavy (non-hydrogen) atoms. The number of aliphatic imine (C=N–C) groups is 1. The van der Waals surface area contributed by atoms with Crippen LogP contribution in [0.2, 0.25) is 0 Å². The lowest BCUT2D eigenvalue weighted by molar-refractivity contribution is -0.132. The molecule has 2 N–H and O–H groups in total. The molecule has 0 atom stereocenters. The van der Waals surface area contributed by atoms with Crippen LogP contribution in [-0.2, 0) is 17.8 Å². The van der Waals surface area contributed by atoms with Gasteiger partial charge >= 0.3 is 0 Å². The molecule has 0 saturated heterocycles. The Bertz CT molecular complexity index is 1080. The van der Waals surface area contributed by atoms with Crippen molar-refractivity contribution in [2.75, 3.05) is 13.1 Å². The second kappa shape index (κ2) is 9.27. The summed E-state index contributed by atoms with van der Waals surface area (Å²) in [6, 6.07) is 7.05. The van der Waals surface area contributed by atoms with Gasteiger partial charge in [-0.15, -0.1) is 0 Å². The molecular formula is C25H32FN5O. The van der Waals surface area contributed by atoms with E-state index in [1.807, 2.05) is 15.6 Å². The summed E-state index contributed by atoms with van der Waals surface area (Å²) >= 11 is 0. The highest BCUT2D eigenvalue weighted by atomic mass is 19.1. The Kier molecular flexibility index (Phi) is 6.44. The number of benzene rings is 1. The van der Waals surface area contributed by atoms with Crippen LogP contribution in [-0.4, -0.2) is 39.5 Å². The SMILES string of the molecule is Cc1cc(-c2cc(CC(C)C)n(CC(=O)N3CCC4=C(CC3)N=C(N)CC4)n2)ccc1F. The van der Waals surface area contributed by atoms with Crippen LogP contribution in [0.15, 0.2) is 40.5 Å². The molecular weight excluding hydrogens is 405 g/mol. The van der Waals surface area contributed by atoms with E-state index in [9.17, 15) is 9.18 Å². The second-order valence-electron chi connectivity index (χ2n) is 9.27. The van der Waals surface area contributed by atoms with E-state index in [1.54, 1.807) is 19.1 Å². The second-order valence-corrected chi connectivity index (χ2v) is 9.27. The molecule has 0 aliphatic carbocycles. The molecule has 0 unspecified atom stereocenters. The van der Waals surface area contributed by atoms with Gasteiger partial charge in [0.25, 0.3) is 0 Å². The van der Waals surface area contributed by atoms with E-state index in [1.165, 1.54) is 11.6 Å². The van der Waals surface area contributed by atoms with Crippen molar-refractivity contribution < 1.29 is 9.18 Å². The van der Waals surface area contributed by atoms with Crippen molar-refractivity contribution in [1.82, 2.24) is 14.7 Å². The summed E-state index contributed by atoms with van der Waals surface area (Å²) in [5.41, 5.74) is 11.6. The average molecular weight is 438 g/mol. The molecule has 0 spiro atoms. The number of nitrogens with two attached hydrogens (primary N) is 1. The third-order valence-corrected chi connectivity index (χ3v) is 6.24. The van der Waals surface area contributed by atoms with E-state index in [0.29, 0.717) is 30.4 Å². The van der Waals surface area contributed by atoms with Crippen molar-refractivity contribution in [3.63, 3.8) is 0 Å². The van der Waals surface area contributed by atoms with Gasteiger partial charge in [0, 0.05) is 42.9 Å². The lowest BCUT2D eigenvalue weighted by atomic mass is 10.0. The van der Waals surface area contributed by atoms with Crippen molar-refractivity contribution in [3.8, 4) is 11.3 Å². The fourth-order valence-electron chi connectivity index (χ4n) is 4.45. The Labute approximate surface area is 189 Å². The third-order valence-electron chi connectivity index (χ3n) is 6.24. The Balaban J connectivity index is 1.52. The largest absolute Gasteiger partial charge is 0.387 e. The molecule has 3 heterocycles. The molecule has 2 aliphatic rings. The van der Waals surface area contributed by atoms with Crippen LogP contribution in [0.25, 0.3) is 11.3 Å². The number of amidine groups is 1. The molecule has 4 rings (SSSR count). The van der Waals surface area contributed by atoms with Crippen LogP contribution in [0.4, 0.5) is 4.39 Å². The number of amides is 1. The first kappa shape index (κ1) is 22.2. The maximum absolute atomic E-state index is 13.7. The molecule has 0 bridgehead atoms. The quantitative estimate of drug-likeness (QED) is 0.761. The van der Waals surface area contributed by atoms with Crippen molar-refractivity contribution in [1.29, 1.82) is 0 Å². The molecule has 2 aromatic rings. The summed E-state index contributed by atoms with van der Waals surface area (Å²) in [6.07, 6.45) is 4.19. The predicted octanol–water partition coefficient (Wildman–Crippen LogP) is 4.22. The fourth-order valence-corrected chi connectivity index (χ4v) is 4.45. The number of carbonyl (C=O) groups is 1. The number of rotatable bonds is 5. The smallest absolute Gasteiger partial charge is 0.244 e. The number of aryl methyl sites for hydroxylation is 1. The lowest BCUT2D eigenvalue weighted by Gasteiger charge is -2.21. The van der Waals surface area contributed by atoms with Crippen molar-refractivity contribution in [2.45, 2.75) is 59.4 Å².